The van der Waals surface area contributed by atoms with E-state index in [1.165, 1.54) is 25.3 Å². The lowest BCUT2D eigenvalue weighted by molar-refractivity contribution is 0.377. The summed E-state index contributed by atoms with van der Waals surface area (Å²) in [5.74, 6) is -1.42. The number of anilines is 1. The standard InChI is InChI=1S/C14H10F2N2O2/c1-19-12-4-8(7-17)2-3-11(12)20-13-6-9(15)5-10(16)14(13)18/h2-6H,18H2,1H3. The van der Waals surface area contributed by atoms with E-state index in [2.05, 4.69) is 0 Å². The quantitative estimate of drug-likeness (QED) is 0.874. The molecule has 0 bridgehead atoms. The van der Waals surface area contributed by atoms with Gasteiger partial charge < -0.3 is 15.2 Å². The van der Waals surface area contributed by atoms with Crippen LogP contribution in [0, 0.1) is 23.0 Å². The van der Waals surface area contributed by atoms with Crippen molar-refractivity contribution in [2.75, 3.05) is 12.8 Å². The van der Waals surface area contributed by atoms with E-state index in [0.29, 0.717) is 11.6 Å². The number of rotatable bonds is 3. The summed E-state index contributed by atoms with van der Waals surface area (Å²) in [7, 11) is 1.39. The van der Waals surface area contributed by atoms with Crippen LogP contribution < -0.4 is 15.2 Å². The van der Waals surface area contributed by atoms with Crippen molar-refractivity contribution in [1.29, 1.82) is 5.26 Å². The SMILES string of the molecule is COc1cc(C#N)ccc1Oc1cc(F)cc(F)c1N. The fourth-order valence-electron chi connectivity index (χ4n) is 1.59. The van der Waals surface area contributed by atoms with E-state index in [-0.39, 0.29) is 22.9 Å². The van der Waals surface area contributed by atoms with Gasteiger partial charge in [0.05, 0.1) is 18.7 Å². The van der Waals surface area contributed by atoms with Gasteiger partial charge in [-0.25, -0.2) is 8.78 Å². The molecular weight excluding hydrogens is 266 g/mol. The highest BCUT2D eigenvalue weighted by Gasteiger charge is 2.13. The Morgan fingerprint density at radius 2 is 1.85 bits per heavy atom. The van der Waals surface area contributed by atoms with E-state index in [1.54, 1.807) is 0 Å². The zero-order valence-corrected chi connectivity index (χ0v) is 10.5. The largest absolute Gasteiger partial charge is 0.493 e. The molecule has 0 fully saturated rings. The first-order valence-corrected chi connectivity index (χ1v) is 5.55. The summed E-state index contributed by atoms with van der Waals surface area (Å²) < 4.78 is 36.9. The Hall–Kier alpha value is -2.81. The Morgan fingerprint density at radius 3 is 2.50 bits per heavy atom. The summed E-state index contributed by atoms with van der Waals surface area (Å²) in [5, 5.41) is 8.79. The van der Waals surface area contributed by atoms with Crippen molar-refractivity contribution in [2.24, 2.45) is 0 Å². The van der Waals surface area contributed by atoms with Crippen molar-refractivity contribution in [3.63, 3.8) is 0 Å². The maximum atomic E-state index is 13.3. The molecule has 6 heteroatoms. The summed E-state index contributed by atoms with van der Waals surface area (Å²) in [6.07, 6.45) is 0. The molecule has 0 radical (unpaired) electrons. The Morgan fingerprint density at radius 1 is 1.10 bits per heavy atom. The first-order chi connectivity index (χ1) is 9.55. The Bertz CT molecular complexity index is 696. The van der Waals surface area contributed by atoms with Gasteiger partial charge in [0.1, 0.15) is 11.5 Å². The smallest absolute Gasteiger partial charge is 0.169 e. The van der Waals surface area contributed by atoms with Crippen molar-refractivity contribution >= 4 is 5.69 Å². The predicted molar refractivity (Wildman–Crippen MR) is 68.6 cm³/mol. The molecule has 0 aliphatic carbocycles. The zero-order valence-electron chi connectivity index (χ0n) is 10.5. The lowest BCUT2D eigenvalue weighted by Gasteiger charge is -2.12. The number of hydrogen-bond acceptors (Lipinski definition) is 4. The number of nitrogen functional groups attached to an aromatic ring is 1. The van der Waals surface area contributed by atoms with Gasteiger partial charge in [-0.3, -0.25) is 0 Å². The minimum absolute atomic E-state index is 0.162. The van der Waals surface area contributed by atoms with E-state index >= 15 is 0 Å². The summed E-state index contributed by atoms with van der Waals surface area (Å²) in [4.78, 5) is 0. The van der Waals surface area contributed by atoms with Gasteiger partial charge in [-0.15, -0.1) is 0 Å². The molecule has 0 aliphatic heterocycles. The van der Waals surface area contributed by atoms with Gasteiger partial charge in [-0.05, 0) is 12.1 Å². The van der Waals surface area contributed by atoms with Crippen molar-refractivity contribution < 1.29 is 18.3 Å². The summed E-state index contributed by atoms with van der Waals surface area (Å²) >= 11 is 0. The average molecular weight is 276 g/mol. The van der Waals surface area contributed by atoms with Crippen LogP contribution in [0.2, 0.25) is 0 Å². The number of nitriles is 1. The van der Waals surface area contributed by atoms with Crippen LogP contribution in [-0.2, 0) is 0 Å². The zero-order chi connectivity index (χ0) is 14.7. The van der Waals surface area contributed by atoms with Crippen LogP contribution in [-0.4, -0.2) is 7.11 Å². The van der Waals surface area contributed by atoms with Crippen molar-refractivity contribution in [2.45, 2.75) is 0 Å². The number of hydrogen-bond donors (Lipinski definition) is 1. The van der Waals surface area contributed by atoms with Gasteiger partial charge in [0.2, 0.25) is 0 Å². The molecule has 2 rings (SSSR count). The summed E-state index contributed by atoms with van der Waals surface area (Å²) in [6.45, 7) is 0. The lowest BCUT2D eigenvalue weighted by Crippen LogP contribution is -1.98. The molecule has 2 aromatic carbocycles. The van der Waals surface area contributed by atoms with Crippen molar-refractivity contribution in [3.05, 3.63) is 47.5 Å². The van der Waals surface area contributed by atoms with Crippen molar-refractivity contribution in [3.8, 4) is 23.3 Å². The van der Waals surface area contributed by atoms with Crippen LogP contribution in [0.4, 0.5) is 14.5 Å². The van der Waals surface area contributed by atoms with E-state index in [9.17, 15) is 8.78 Å². The monoisotopic (exact) mass is 276 g/mol. The number of nitrogens with zero attached hydrogens (tertiary/aromatic N) is 1. The van der Waals surface area contributed by atoms with E-state index in [4.69, 9.17) is 20.5 Å². The summed E-state index contributed by atoms with van der Waals surface area (Å²) in [5.41, 5.74) is 5.55. The molecule has 0 amide bonds. The summed E-state index contributed by atoms with van der Waals surface area (Å²) in [6, 6.07) is 7.97. The highest BCUT2D eigenvalue weighted by Crippen LogP contribution is 2.36. The molecular formula is C14H10F2N2O2. The number of benzene rings is 2. The van der Waals surface area contributed by atoms with Crippen molar-refractivity contribution in [1.82, 2.24) is 0 Å². The van der Waals surface area contributed by atoms with Crippen LogP contribution in [0.25, 0.3) is 0 Å². The molecule has 0 aromatic heterocycles. The fourth-order valence-corrected chi connectivity index (χ4v) is 1.59. The molecule has 0 spiro atoms. The second kappa shape index (κ2) is 5.45. The topological polar surface area (TPSA) is 68.3 Å². The third-order valence-electron chi connectivity index (χ3n) is 2.57. The molecule has 0 saturated carbocycles. The maximum Gasteiger partial charge on any atom is 0.169 e. The minimum Gasteiger partial charge on any atom is -0.493 e. The molecule has 4 nitrogen and oxygen atoms in total. The van der Waals surface area contributed by atoms with Crippen LogP contribution in [0.1, 0.15) is 5.56 Å². The highest BCUT2D eigenvalue weighted by atomic mass is 19.1. The number of nitrogens with two attached hydrogens (primary N) is 1. The maximum absolute atomic E-state index is 13.3. The predicted octanol–water partition coefficient (Wildman–Crippen LogP) is 3.22. The third-order valence-corrected chi connectivity index (χ3v) is 2.57. The van der Waals surface area contributed by atoms with Gasteiger partial charge in [0.15, 0.2) is 23.1 Å². The van der Waals surface area contributed by atoms with E-state index < -0.39 is 11.6 Å². The number of methoxy groups -OCH3 is 1. The minimum atomic E-state index is -0.910. The van der Waals surface area contributed by atoms with Crippen LogP contribution in [0.3, 0.4) is 0 Å². The van der Waals surface area contributed by atoms with Gasteiger partial charge >= 0.3 is 0 Å². The molecule has 0 saturated heterocycles. The van der Waals surface area contributed by atoms with Gasteiger partial charge in [0, 0.05) is 18.2 Å². The molecule has 2 aromatic rings. The third kappa shape index (κ3) is 2.62. The molecule has 0 heterocycles. The fraction of sp³-hybridized carbons (Fsp3) is 0.0714. The van der Waals surface area contributed by atoms with E-state index in [0.717, 1.165) is 6.07 Å². The molecule has 0 atom stereocenters. The Labute approximate surface area is 114 Å². The first kappa shape index (κ1) is 13.6. The lowest BCUT2D eigenvalue weighted by atomic mass is 10.2. The second-order valence-electron chi connectivity index (χ2n) is 3.88. The van der Waals surface area contributed by atoms with E-state index in [1.807, 2.05) is 6.07 Å². The Balaban J connectivity index is 2.43. The average Bonchev–Trinajstić information content (AvgIpc) is 2.44. The number of halogens is 2. The highest BCUT2D eigenvalue weighted by molar-refractivity contribution is 5.57. The second-order valence-corrected chi connectivity index (χ2v) is 3.88. The van der Waals surface area contributed by atoms with Crippen LogP contribution >= 0.6 is 0 Å². The molecule has 102 valence electrons. The van der Waals surface area contributed by atoms with Crippen LogP contribution in [0.15, 0.2) is 30.3 Å². The Kier molecular flexibility index (Phi) is 3.71. The van der Waals surface area contributed by atoms with Crippen LogP contribution in [0.5, 0.6) is 17.2 Å². The molecule has 2 N–H and O–H groups in total. The van der Waals surface area contributed by atoms with Gasteiger partial charge in [-0.2, -0.15) is 5.26 Å². The molecule has 20 heavy (non-hydrogen) atoms. The normalized spacial score (nSPS) is 9.90. The van der Waals surface area contributed by atoms with Gasteiger partial charge in [-0.1, -0.05) is 0 Å². The van der Waals surface area contributed by atoms with Gasteiger partial charge in [0.25, 0.3) is 0 Å². The molecule has 0 aliphatic rings. The molecule has 0 unspecified atom stereocenters. The number of ether oxygens (including phenoxy) is 2. The first-order valence-electron chi connectivity index (χ1n) is 5.55.